The quantitative estimate of drug-likeness (QED) is 0.700. The van der Waals surface area contributed by atoms with Crippen LogP contribution in [-0.2, 0) is 16.0 Å². The molecule has 0 spiro atoms. The number of rotatable bonds is 5. The van der Waals surface area contributed by atoms with E-state index >= 15 is 0 Å². The number of nitrogens with zero attached hydrogens (tertiary/aromatic N) is 1. The number of aromatic nitrogens is 1. The summed E-state index contributed by atoms with van der Waals surface area (Å²) in [6.07, 6.45) is 0.00120. The van der Waals surface area contributed by atoms with Crippen molar-refractivity contribution in [3.8, 4) is 0 Å². The van der Waals surface area contributed by atoms with Gasteiger partial charge in [0.1, 0.15) is 0 Å². The smallest absolute Gasteiger partial charge is 0.269 e. The van der Waals surface area contributed by atoms with Crippen LogP contribution in [-0.4, -0.2) is 22.7 Å². The Morgan fingerprint density at radius 1 is 1.15 bits per heavy atom. The molecule has 1 heterocycles. The normalized spacial score (nSPS) is 10.5. The van der Waals surface area contributed by atoms with E-state index in [1.165, 1.54) is 11.3 Å². The third kappa shape index (κ3) is 5.38. The summed E-state index contributed by atoms with van der Waals surface area (Å²) in [6.45, 7) is 7.36. The summed E-state index contributed by atoms with van der Waals surface area (Å²) in [6, 6.07) is 5.46. The number of hydrogen-bond donors (Lipinski definition) is 3. The molecule has 0 aliphatic rings. The van der Waals surface area contributed by atoms with Crippen LogP contribution in [0, 0.1) is 19.8 Å². The predicted octanol–water partition coefficient (Wildman–Crippen LogP) is 2.36. The number of carbonyl (C=O) groups excluding carboxylic acids is 3. The first-order valence-corrected chi connectivity index (χ1v) is 9.06. The molecule has 1 aromatic heterocycles. The van der Waals surface area contributed by atoms with E-state index in [0.29, 0.717) is 16.4 Å². The lowest BCUT2D eigenvalue weighted by molar-refractivity contribution is -0.121. The van der Waals surface area contributed by atoms with Crippen LogP contribution in [0.2, 0.25) is 0 Å². The first-order valence-electron chi connectivity index (χ1n) is 8.18. The molecule has 0 bridgehead atoms. The number of amides is 3. The van der Waals surface area contributed by atoms with Crippen molar-refractivity contribution in [2.45, 2.75) is 34.1 Å². The van der Waals surface area contributed by atoms with Gasteiger partial charge < -0.3 is 5.32 Å². The minimum atomic E-state index is -0.393. The number of aryl methyl sites for hydroxylation is 2. The van der Waals surface area contributed by atoms with Gasteiger partial charge >= 0.3 is 0 Å². The Labute approximate surface area is 156 Å². The van der Waals surface area contributed by atoms with Gasteiger partial charge in [0, 0.05) is 16.9 Å². The number of hydrogen-bond acceptors (Lipinski definition) is 5. The Morgan fingerprint density at radius 3 is 2.54 bits per heavy atom. The van der Waals surface area contributed by atoms with Gasteiger partial charge in [-0.2, -0.15) is 0 Å². The number of hydrazine groups is 1. The molecule has 3 amide bonds. The van der Waals surface area contributed by atoms with Crippen molar-refractivity contribution in [3.05, 3.63) is 46.0 Å². The molecule has 2 aromatic rings. The molecule has 138 valence electrons. The van der Waals surface area contributed by atoms with Gasteiger partial charge in [0.2, 0.25) is 11.8 Å². The maximum absolute atomic E-state index is 12.1. The summed E-state index contributed by atoms with van der Waals surface area (Å²) >= 11 is 1.25. The number of carbonyl (C=O) groups is 3. The van der Waals surface area contributed by atoms with Gasteiger partial charge in [0.05, 0.1) is 12.1 Å². The van der Waals surface area contributed by atoms with Gasteiger partial charge in [0.25, 0.3) is 5.91 Å². The average molecular weight is 374 g/mol. The van der Waals surface area contributed by atoms with E-state index in [1.807, 2.05) is 26.0 Å². The molecular weight excluding hydrogens is 352 g/mol. The predicted molar refractivity (Wildman–Crippen MR) is 101 cm³/mol. The molecule has 0 saturated carbocycles. The SMILES string of the molecule is Cc1ccc(C(=O)NNC(=O)Cc2csc(NC(=O)C(C)C)n2)c(C)c1. The van der Waals surface area contributed by atoms with Crippen LogP contribution in [0.25, 0.3) is 0 Å². The Balaban J connectivity index is 1.86. The fraction of sp³-hybridized carbons (Fsp3) is 0.333. The third-order valence-corrected chi connectivity index (χ3v) is 4.40. The molecule has 3 N–H and O–H groups in total. The topological polar surface area (TPSA) is 100 Å². The van der Waals surface area contributed by atoms with Crippen LogP contribution in [0.1, 0.15) is 41.0 Å². The molecule has 8 heteroatoms. The van der Waals surface area contributed by atoms with E-state index in [1.54, 1.807) is 25.3 Å². The van der Waals surface area contributed by atoms with Crippen LogP contribution in [0.3, 0.4) is 0 Å². The van der Waals surface area contributed by atoms with E-state index < -0.39 is 5.91 Å². The molecule has 0 fully saturated rings. The second-order valence-electron chi connectivity index (χ2n) is 6.29. The maximum atomic E-state index is 12.1. The zero-order valence-corrected chi connectivity index (χ0v) is 16.0. The highest BCUT2D eigenvalue weighted by atomic mass is 32.1. The van der Waals surface area contributed by atoms with Crippen molar-refractivity contribution in [1.82, 2.24) is 15.8 Å². The minimum Gasteiger partial charge on any atom is -0.302 e. The molecule has 2 rings (SSSR count). The van der Waals surface area contributed by atoms with Gasteiger partial charge in [-0.25, -0.2) is 4.98 Å². The summed E-state index contributed by atoms with van der Waals surface area (Å²) in [5, 5.41) is 4.83. The summed E-state index contributed by atoms with van der Waals surface area (Å²) in [5.74, 6) is -1.05. The zero-order chi connectivity index (χ0) is 19.3. The van der Waals surface area contributed by atoms with Crippen LogP contribution in [0.5, 0.6) is 0 Å². The van der Waals surface area contributed by atoms with Gasteiger partial charge in [-0.05, 0) is 25.5 Å². The largest absolute Gasteiger partial charge is 0.302 e. The average Bonchev–Trinajstić information content (AvgIpc) is 2.99. The van der Waals surface area contributed by atoms with Crippen molar-refractivity contribution in [1.29, 1.82) is 0 Å². The highest BCUT2D eigenvalue weighted by Gasteiger charge is 2.13. The van der Waals surface area contributed by atoms with E-state index in [-0.39, 0.29) is 24.2 Å². The third-order valence-electron chi connectivity index (χ3n) is 3.59. The van der Waals surface area contributed by atoms with E-state index in [0.717, 1.165) is 11.1 Å². The fourth-order valence-corrected chi connectivity index (χ4v) is 2.88. The molecule has 1 aromatic carbocycles. The van der Waals surface area contributed by atoms with Crippen molar-refractivity contribution in [2.75, 3.05) is 5.32 Å². The zero-order valence-electron chi connectivity index (χ0n) is 15.2. The van der Waals surface area contributed by atoms with Crippen LogP contribution >= 0.6 is 11.3 Å². The number of benzene rings is 1. The first-order chi connectivity index (χ1) is 12.3. The molecule has 0 saturated heterocycles. The number of nitrogens with one attached hydrogen (secondary N) is 3. The van der Waals surface area contributed by atoms with Crippen LogP contribution in [0.4, 0.5) is 5.13 Å². The van der Waals surface area contributed by atoms with Gasteiger partial charge in [-0.1, -0.05) is 31.5 Å². The lowest BCUT2D eigenvalue weighted by Crippen LogP contribution is -2.42. The molecular formula is C18H22N4O3S. The molecule has 0 aliphatic carbocycles. The van der Waals surface area contributed by atoms with Crippen molar-refractivity contribution >= 4 is 34.2 Å². The maximum Gasteiger partial charge on any atom is 0.269 e. The Morgan fingerprint density at radius 2 is 1.88 bits per heavy atom. The monoisotopic (exact) mass is 374 g/mol. The Bertz CT molecular complexity index is 830. The second-order valence-corrected chi connectivity index (χ2v) is 7.14. The van der Waals surface area contributed by atoms with Crippen LogP contribution in [0.15, 0.2) is 23.6 Å². The summed E-state index contributed by atoms with van der Waals surface area (Å²) in [5.41, 5.74) is 7.70. The van der Waals surface area contributed by atoms with Crippen molar-refractivity contribution in [3.63, 3.8) is 0 Å². The van der Waals surface area contributed by atoms with Crippen LogP contribution < -0.4 is 16.2 Å². The standard InChI is InChI=1S/C18H22N4O3S/c1-10(2)16(24)20-18-19-13(9-26-18)8-15(23)21-22-17(25)14-6-5-11(3)7-12(14)4/h5-7,9-10H,8H2,1-4H3,(H,21,23)(H,22,25)(H,19,20,24). The molecule has 0 unspecified atom stereocenters. The first kappa shape index (κ1) is 19.6. The number of anilines is 1. The molecule has 0 radical (unpaired) electrons. The van der Waals surface area contributed by atoms with Crippen molar-refractivity contribution < 1.29 is 14.4 Å². The number of thiazole rings is 1. The highest BCUT2D eigenvalue weighted by Crippen LogP contribution is 2.16. The lowest BCUT2D eigenvalue weighted by Gasteiger charge is -2.09. The summed E-state index contributed by atoms with van der Waals surface area (Å²) < 4.78 is 0. The Kier molecular flexibility index (Phi) is 6.46. The Hall–Kier alpha value is -2.74. The molecule has 26 heavy (non-hydrogen) atoms. The van der Waals surface area contributed by atoms with Crippen molar-refractivity contribution in [2.24, 2.45) is 5.92 Å². The summed E-state index contributed by atoms with van der Waals surface area (Å²) in [4.78, 5) is 39.9. The van der Waals surface area contributed by atoms with E-state index in [4.69, 9.17) is 0 Å². The fourth-order valence-electron chi connectivity index (χ4n) is 2.17. The molecule has 0 aliphatic heterocycles. The van der Waals surface area contributed by atoms with Gasteiger partial charge in [-0.15, -0.1) is 11.3 Å². The molecule has 7 nitrogen and oxygen atoms in total. The van der Waals surface area contributed by atoms with Gasteiger partial charge in [0.15, 0.2) is 5.13 Å². The lowest BCUT2D eigenvalue weighted by atomic mass is 10.1. The van der Waals surface area contributed by atoms with E-state index in [9.17, 15) is 14.4 Å². The molecule has 0 atom stereocenters. The minimum absolute atomic E-state index is 0.00120. The summed E-state index contributed by atoms with van der Waals surface area (Å²) in [7, 11) is 0. The second kappa shape index (κ2) is 8.57. The highest BCUT2D eigenvalue weighted by molar-refractivity contribution is 7.13. The van der Waals surface area contributed by atoms with E-state index in [2.05, 4.69) is 21.2 Å². The van der Waals surface area contributed by atoms with Gasteiger partial charge in [-0.3, -0.25) is 25.2 Å².